The third-order valence-electron chi connectivity index (χ3n) is 6.47. The zero-order valence-electron chi connectivity index (χ0n) is 22.7. The lowest BCUT2D eigenvalue weighted by molar-refractivity contribution is -0.122. The van der Waals surface area contributed by atoms with Gasteiger partial charge in [0.05, 0.1) is 5.92 Å². The van der Waals surface area contributed by atoms with E-state index in [1.54, 1.807) is 0 Å². The average Bonchev–Trinajstić information content (AvgIpc) is 2.89. The number of unbranched alkanes of at least 4 members (excludes halogenated alkanes) is 1. The van der Waals surface area contributed by atoms with Crippen LogP contribution in [0.25, 0.3) is 0 Å². The van der Waals surface area contributed by atoms with Crippen molar-refractivity contribution in [1.82, 2.24) is 4.90 Å². The second kappa shape index (κ2) is 18.6. The van der Waals surface area contributed by atoms with E-state index in [0.717, 1.165) is 57.3 Å². The molecule has 3 heteroatoms. The summed E-state index contributed by atoms with van der Waals surface area (Å²) in [5.41, 5.74) is 9.75. The molecule has 2 unspecified atom stereocenters. The van der Waals surface area contributed by atoms with Crippen LogP contribution in [0.1, 0.15) is 64.5 Å². The van der Waals surface area contributed by atoms with Gasteiger partial charge in [0.2, 0.25) is 5.91 Å². The lowest BCUT2D eigenvalue weighted by Crippen LogP contribution is -2.43. The first-order chi connectivity index (χ1) is 17.0. The SMILES string of the molecule is C/C=C\CC/C=C(\C)C(C(N)=O)C1CCCN(CCc2ccccc2C)C1.CC.c1ccccc1. The van der Waals surface area contributed by atoms with Gasteiger partial charge in [-0.1, -0.05) is 98.3 Å². The van der Waals surface area contributed by atoms with Crippen LogP contribution < -0.4 is 5.73 Å². The van der Waals surface area contributed by atoms with Gasteiger partial charge in [-0.05, 0) is 76.5 Å². The van der Waals surface area contributed by atoms with E-state index < -0.39 is 0 Å². The van der Waals surface area contributed by atoms with Crippen molar-refractivity contribution in [3.8, 4) is 0 Å². The van der Waals surface area contributed by atoms with E-state index >= 15 is 0 Å². The van der Waals surface area contributed by atoms with Crippen molar-refractivity contribution in [3.05, 3.63) is 95.6 Å². The average molecular weight is 477 g/mol. The number of nitrogens with zero attached hydrogens (tertiary/aromatic N) is 1. The third kappa shape index (κ3) is 12.0. The Hall–Kier alpha value is -2.65. The molecule has 1 heterocycles. The molecule has 35 heavy (non-hydrogen) atoms. The maximum atomic E-state index is 12.2. The van der Waals surface area contributed by atoms with Gasteiger partial charge in [0.1, 0.15) is 0 Å². The number of hydrogen-bond donors (Lipinski definition) is 1. The highest BCUT2D eigenvalue weighted by molar-refractivity contribution is 5.80. The van der Waals surface area contributed by atoms with Gasteiger partial charge in [0, 0.05) is 13.1 Å². The third-order valence-corrected chi connectivity index (χ3v) is 6.47. The zero-order chi connectivity index (χ0) is 25.9. The van der Waals surface area contributed by atoms with Gasteiger partial charge in [0.15, 0.2) is 0 Å². The molecule has 1 fully saturated rings. The number of carbonyl (C=O) groups excluding carboxylic acids is 1. The van der Waals surface area contributed by atoms with E-state index in [-0.39, 0.29) is 11.8 Å². The molecule has 0 aromatic heterocycles. The van der Waals surface area contributed by atoms with Gasteiger partial charge in [-0.3, -0.25) is 4.79 Å². The van der Waals surface area contributed by atoms with Crippen molar-refractivity contribution < 1.29 is 4.79 Å². The van der Waals surface area contributed by atoms with Crippen molar-refractivity contribution >= 4 is 5.91 Å². The van der Waals surface area contributed by atoms with Crippen LogP contribution in [0.2, 0.25) is 0 Å². The Kier molecular flexibility index (Phi) is 16.2. The summed E-state index contributed by atoms with van der Waals surface area (Å²) in [5, 5.41) is 0. The summed E-state index contributed by atoms with van der Waals surface area (Å²) in [6.07, 6.45) is 11.7. The Bertz CT molecular complexity index is 845. The predicted molar refractivity (Wildman–Crippen MR) is 152 cm³/mol. The molecule has 1 amide bonds. The Labute approximate surface area is 215 Å². The number of amides is 1. The van der Waals surface area contributed by atoms with Crippen LogP contribution in [-0.4, -0.2) is 30.4 Å². The summed E-state index contributed by atoms with van der Waals surface area (Å²) in [4.78, 5) is 14.7. The van der Waals surface area contributed by atoms with Crippen molar-refractivity contribution in [3.63, 3.8) is 0 Å². The summed E-state index contributed by atoms with van der Waals surface area (Å²) in [5.74, 6) is 0.0449. The molecule has 1 aliphatic heterocycles. The van der Waals surface area contributed by atoms with E-state index in [2.05, 4.69) is 61.2 Å². The highest BCUT2D eigenvalue weighted by atomic mass is 16.1. The largest absolute Gasteiger partial charge is 0.369 e. The number of allylic oxidation sites excluding steroid dienone is 3. The van der Waals surface area contributed by atoms with Crippen LogP contribution in [0.15, 0.2) is 84.5 Å². The number of hydrogen-bond acceptors (Lipinski definition) is 2. The highest BCUT2D eigenvalue weighted by Crippen LogP contribution is 2.29. The lowest BCUT2D eigenvalue weighted by Gasteiger charge is -2.36. The molecule has 3 rings (SSSR count). The Balaban J connectivity index is 0.000000654. The van der Waals surface area contributed by atoms with Crippen molar-refractivity contribution in [2.45, 2.75) is 66.7 Å². The molecular formula is C32H48N2O. The highest BCUT2D eigenvalue weighted by Gasteiger charge is 2.31. The van der Waals surface area contributed by atoms with E-state index in [1.807, 2.05) is 57.2 Å². The smallest absolute Gasteiger partial charge is 0.224 e. The minimum atomic E-state index is -0.166. The van der Waals surface area contributed by atoms with Crippen molar-refractivity contribution in [1.29, 1.82) is 0 Å². The van der Waals surface area contributed by atoms with E-state index in [1.165, 1.54) is 11.1 Å². The predicted octanol–water partition coefficient (Wildman–Crippen LogP) is 7.37. The summed E-state index contributed by atoms with van der Waals surface area (Å²) < 4.78 is 0. The fourth-order valence-corrected chi connectivity index (χ4v) is 4.65. The standard InChI is InChI=1S/C24H36N2O.C6H6.C2H6/c1-4-5-6-7-12-20(3)23(24(25)27)22-14-10-16-26(18-22)17-15-21-13-9-8-11-19(21)2;1-2-4-6-5-3-1;1-2/h4-5,8-9,11-13,22-23H,6-7,10,14-18H2,1-3H3,(H2,25,27);1-6H;1-2H3/b5-4-,20-12+;;. The number of aryl methyl sites for hydroxylation is 1. The maximum Gasteiger partial charge on any atom is 0.224 e. The Morgan fingerprint density at radius 2 is 1.69 bits per heavy atom. The van der Waals surface area contributed by atoms with Gasteiger partial charge in [0.25, 0.3) is 0 Å². The minimum absolute atomic E-state index is 0.128. The van der Waals surface area contributed by atoms with Gasteiger partial charge < -0.3 is 10.6 Å². The van der Waals surface area contributed by atoms with Crippen LogP contribution in [0.5, 0.6) is 0 Å². The maximum absolute atomic E-state index is 12.2. The van der Waals surface area contributed by atoms with Crippen LogP contribution in [0.4, 0.5) is 0 Å². The van der Waals surface area contributed by atoms with E-state index in [0.29, 0.717) is 5.92 Å². The molecule has 1 saturated heterocycles. The van der Waals surface area contributed by atoms with E-state index in [9.17, 15) is 4.79 Å². The fourth-order valence-electron chi connectivity index (χ4n) is 4.65. The number of likely N-dealkylation sites (tertiary alicyclic amines) is 1. The van der Waals surface area contributed by atoms with Crippen molar-refractivity contribution in [2.75, 3.05) is 19.6 Å². The Morgan fingerprint density at radius 3 is 2.26 bits per heavy atom. The fraction of sp³-hybridized carbons (Fsp3) is 0.469. The molecular weight excluding hydrogens is 428 g/mol. The monoisotopic (exact) mass is 476 g/mol. The molecule has 2 aromatic rings. The first kappa shape index (κ1) is 30.4. The summed E-state index contributed by atoms with van der Waals surface area (Å²) in [6.45, 7) is 13.4. The first-order valence-corrected chi connectivity index (χ1v) is 13.4. The molecule has 3 nitrogen and oxygen atoms in total. The molecule has 2 aromatic carbocycles. The van der Waals surface area contributed by atoms with Gasteiger partial charge >= 0.3 is 0 Å². The number of benzene rings is 2. The van der Waals surface area contributed by atoms with Crippen molar-refractivity contribution in [2.24, 2.45) is 17.6 Å². The number of rotatable bonds is 9. The second-order valence-corrected chi connectivity index (χ2v) is 9.01. The molecule has 2 N–H and O–H groups in total. The molecule has 1 aliphatic rings. The van der Waals surface area contributed by atoms with Crippen LogP contribution in [0, 0.1) is 18.8 Å². The van der Waals surface area contributed by atoms with Gasteiger partial charge in [-0.25, -0.2) is 0 Å². The minimum Gasteiger partial charge on any atom is -0.369 e. The topological polar surface area (TPSA) is 46.3 Å². The molecule has 2 atom stereocenters. The summed E-state index contributed by atoms with van der Waals surface area (Å²) >= 11 is 0. The lowest BCUT2D eigenvalue weighted by atomic mass is 9.80. The molecule has 192 valence electrons. The first-order valence-electron chi connectivity index (χ1n) is 13.4. The normalized spacial score (nSPS) is 17.1. The molecule has 0 radical (unpaired) electrons. The van der Waals surface area contributed by atoms with Gasteiger partial charge in [-0.15, -0.1) is 0 Å². The van der Waals surface area contributed by atoms with Crippen LogP contribution in [-0.2, 0) is 11.2 Å². The number of carbonyl (C=O) groups is 1. The molecule has 0 spiro atoms. The molecule has 0 saturated carbocycles. The van der Waals surface area contributed by atoms with Gasteiger partial charge in [-0.2, -0.15) is 0 Å². The summed E-state index contributed by atoms with van der Waals surface area (Å²) in [7, 11) is 0. The quantitative estimate of drug-likeness (QED) is 0.303. The summed E-state index contributed by atoms with van der Waals surface area (Å²) in [6, 6.07) is 20.6. The van der Waals surface area contributed by atoms with Crippen LogP contribution in [0.3, 0.4) is 0 Å². The number of piperidine rings is 1. The Morgan fingerprint density at radius 1 is 1.06 bits per heavy atom. The number of primary amides is 1. The van der Waals surface area contributed by atoms with Crippen LogP contribution >= 0.6 is 0 Å². The molecule has 0 aliphatic carbocycles. The number of nitrogens with two attached hydrogens (primary N) is 1. The van der Waals surface area contributed by atoms with E-state index in [4.69, 9.17) is 5.73 Å². The zero-order valence-corrected chi connectivity index (χ0v) is 22.7. The molecule has 0 bridgehead atoms. The second-order valence-electron chi connectivity index (χ2n) is 9.01.